The molecule has 2 aromatic rings. The molecule has 3 heterocycles. The lowest BCUT2D eigenvalue weighted by molar-refractivity contribution is -0.134. The van der Waals surface area contributed by atoms with Crippen LogP contribution in [0.1, 0.15) is 25.7 Å². The summed E-state index contributed by atoms with van der Waals surface area (Å²) in [6, 6.07) is 6.88. The molecule has 2 amide bonds. The molecule has 0 aliphatic carbocycles. The van der Waals surface area contributed by atoms with Crippen LogP contribution in [0, 0.1) is 5.92 Å². The first-order valence-corrected chi connectivity index (χ1v) is 10.2. The number of nitrogens with zero attached hydrogens (tertiary/aromatic N) is 4. The molecule has 1 aromatic carbocycles. The first-order valence-electron chi connectivity index (χ1n) is 10.2. The van der Waals surface area contributed by atoms with Crippen LogP contribution in [0.15, 0.2) is 29.1 Å². The van der Waals surface area contributed by atoms with Crippen LogP contribution in [0.2, 0.25) is 0 Å². The number of likely N-dealkylation sites (tertiary alicyclic amines) is 1. The van der Waals surface area contributed by atoms with Gasteiger partial charge in [0, 0.05) is 19.6 Å². The summed E-state index contributed by atoms with van der Waals surface area (Å²) in [5, 5.41) is 14.6. The van der Waals surface area contributed by atoms with E-state index >= 15 is 0 Å². The summed E-state index contributed by atoms with van der Waals surface area (Å²) in [7, 11) is 0. The van der Waals surface area contributed by atoms with Crippen LogP contribution in [-0.4, -0.2) is 63.9 Å². The van der Waals surface area contributed by atoms with E-state index in [2.05, 4.69) is 20.9 Å². The number of piperidine rings is 1. The van der Waals surface area contributed by atoms with Crippen LogP contribution in [-0.2, 0) is 16.1 Å². The molecule has 2 N–H and O–H groups in total. The molecule has 1 aromatic heterocycles. The molecule has 2 aliphatic rings. The zero-order chi connectivity index (χ0) is 20.2. The summed E-state index contributed by atoms with van der Waals surface area (Å²) in [6.45, 7) is 2.56. The van der Waals surface area contributed by atoms with Gasteiger partial charge in [0.2, 0.25) is 11.8 Å². The number of hydrogen-bond donors (Lipinski definition) is 2. The van der Waals surface area contributed by atoms with E-state index in [4.69, 9.17) is 0 Å². The molecular weight excluding hydrogens is 372 g/mol. The van der Waals surface area contributed by atoms with Crippen LogP contribution < -0.4 is 16.2 Å². The highest BCUT2D eigenvalue weighted by molar-refractivity contribution is 5.82. The van der Waals surface area contributed by atoms with Gasteiger partial charge in [-0.1, -0.05) is 17.3 Å². The predicted octanol–water partition coefficient (Wildman–Crippen LogP) is -0.102. The maximum atomic E-state index is 12.7. The smallest absolute Gasteiger partial charge is 0.278 e. The highest BCUT2D eigenvalue weighted by atomic mass is 16.2. The van der Waals surface area contributed by atoms with Crippen molar-refractivity contribution >= 4 is 22.7 Å². The lowest BCUT2D eigenvalue weighted by Crippen LogP contribution is -2.47. The number of hydrogen-bond acceptors (Lipinski definition) is 6. The van der Waals surface area contributed by atoms with Gasteiger partial charge < -0.3 is 15.5 Å². The number of fused-ring (bicyclic) bond motifs is 1. The van der Waals surface area contributed by atoms with Gasteiger partial charge in [-0.3, -0.25) is 14.4 Å². The first kappa shape index (κ1) is 19.5. The predicted molar refractivity (Wildman–Crippen MR) is 107 cm³/mol. The van der Waals surface area contributed by atoms with Gasteiger partial charge >= 0.3 is 0 Å². The molecule has 2 aliphatic heterocycles. The van der Waals surface area contributed by atoms with Crippen LogP contribution in [0.3, 0.4) is 0 Å². The number of aromatic nitrogens is 3. The molecule has 2 saturated heterocycles. The zero-order valence-electron chi connectivity index (χ0n) is 16.3. The molecule has 4 rings (SSSR count). The fourth-order valence-corrected chi connectivity index (χ4v) is 4.09. The van der Waals surface area contributed by atoms with Crippen molar-refractivity contribution in [2.45, 2.75) is 38.3 Å². The first-order chi connectivity index (χ1) is 14.1. The van der Waals surface area contributed by atoms with Gasteiger partial charge in [0.1, 0.15) is 12.1 Å². The lowest BCUT2D eigenvalue weighted by atomic mass is 9.97. The Morgan fingerprint density at radius 2 is 2.07 bits per heavy atom. The van der Waals surface area contributed by atoms with Gasteiger partial charge in [0.25, 0.3) is 5.56 Å². The summed E-state index contributed by atoms with van der Waals surface area (Å²) in [5.74, 6) is 0.117. The molecule has 154 valence electrons. The molecule has 0 bridgehead atoms. The number of amides is 2. The van der Waals surface area contributed by atoms with Crippen LogP contribution in [0.25, 0.3) is 10.9 Å². The quantitative estimate of drug-likeness (QED) is 0.728. The lowest BCUT2D eigenvalue weighted by Gasteiger charge is -2.33. The van der Waals surface area contributed by atoms with E-state index in [0.717, 1.165) is 36.9 Å². The molecule has 2 fully saturated rings. The number of nitrogens with one attached hydrogen (secondary N) is 2. The zero-order valence-corrected chi connectivity index (χ0v) is 16.3. The Hall–Kier alpha value is -2.81. The SMILES string of the molecule is O=C(NCC1CCCN(C(=O)Cn2nnc3ccccc3c2=O)C1)C1CCCN1. The largest absolute Gasteiger partial charge is 0.354 e. The minimum absolute atomic E-state index is 0.0453. The van der Waals surface area contributed by atoms with Crippen molar-refractivity contribution in [2.75, 3.05) is 26.2 Å². The van der Waals surface area contributed by atoms with Crippen LogP contribution in [0.5, 0.6) is 0 Å². The summed E-state index contributed by atoms with van der Waals surface area (Å²) in [6.07, 6.45) is 3.76. The van der Waals surface area contributed by atoms with Crippen molar-refractivity contribution < 1.29 is 9.59 Å². The van der Waals surface area contributed by atoms with E-state index in [-0.39, 0.29) is 35.9 Å². The normalized spacial score (nSPS) is 22.0. The third kappa shape index (κ3) is 4.45. The number of benzene rings is 1. The Bertz CT molecular complexity index is 953. The maximum Gasteiger partial charge on any atom is 0.278 e. The third-order valence-electron chi connectivity index (χ3n) is 5.73. The highest BCUT2D eigenvalue weighted by Crippen LogP contribution is 2.16. The fourth-order valence-electron chi connectivity index (χ4n) is 4.09. The van der Waals surface area contributed by atoms with E-state index in [9.17, 15) is 14.4 Å². The van der Waals surface area contributed by atoms with Crippen LogP contribution >= 0.6 is 0 Å². The van der Waals surface area contributed by atoms with Gasteiger partial charge in [0.05, 0.1) is 11.4 Å². The Morgan fingerprint density at radius 1 is 1.21 bits per heavy atom. The van der Waals surface area contributed by atoms with Crippen molar-refractivity contribution in [3.63, 3.8) is 0 Å². The molecule has 0 radical (unpaired) electrons. The summed E-state index contributed by atoms with van der Waals surface area (Å²) in [5.41, 5.74) is 0.209. The molecular formula is C20H26N6O3. The van der Waals surface area contributed by atoms with Crippen molar-refractivity contribution in [3.8, 4) is 0 Å². The molecule has 9 nitrogen and oxygen atoms in total. The molecule has 2 atom stereocenters. The molecule has 2 unspecified atom stereocenters. The van der Waals surface area contributed by atoms with E-state index in [0.29, 0.717) is 30.5 Å². The van der Waals surface area contributed by atoms with Crippen LogP contribution in [0.4, 0.5) is 0 Å². The number of carbonyl (C=O) groups is 2. The summed E-state index contributed by atoms with van der Waals surface area (Å²) in [4.78, 5) is 39.2. The monoisotopic (exact) mass is 398 g/mol. The Labute approximate surface area is 168 Å². The average Bonchev–Trinajstić information content (AvgIpc) is 3.29. The summed E-state index contributed by atoms with van der Waals surface area (Å²) >= 11 is 0. The Kier molecular flexibility index (Phi) is 5.84. The third-order valence-corrected chi connectivity index (χ3v) is 5.73. The Morgan fingerprint density at radius 3 is 2.90 bits per heavy atom. The topological polar surface area (TPSA) is 109 Å². The Balaban J connectivity index is 1.34. The second-order valence-electron chi connectivity index (χ2n) is 7.81. The van der Waals surface area contributed by atoms with Crippen molar-refractivity contribution in [1.82, 2.24) is 30.5 Å². The maximum absolute atomic E-state index is 12.7. The minimum atomic E-state index is -0.311. The van der Waals surface area contributed by atoms with Gasteiger partial charge in [-0.25, -0.2) is 4.68 Å². The van der Waals surface area contributed by atoms with Gasteiger partial charge in [-0.2, -0.15) is 0 Å². The standard InChI is InChI=1S/C20H26N6O3/c27-18(13-26-20(29)15-6-1-2-7-16(15)23-24-26)25-10-4-5-14(12-25)11-22-19(28)17-8-3-9-21-17/h1-2,6-7,14,17,21H,3-5,8-13H2,(H,22,28). The van der Waals surface area contributed by atoms with E-state index in [1.807, 2.05) is 0 Å². The molecule has 0 saturated carbocycles. The highest BCUT2D eigenvalue weighted by Gasteiger charge is 2.26. The van der Waals surface area contributed by atoms with E-state index in [1.54, 1.807) is 29.2 Å². The average molecular weight is 398 g/mol. The van der Waals surface area contributed by atoms with E-state index < -0.39 is 0 Å². The van der Waals surface area contributed by atoms with Crippen molar-refractivity contribution in [3.05, 3.63) is 34.6 Å². The number of carbonyl (C=O) groups excluding carboxylic acids is 2. The van der Waals surface area contributed by atoms with E-state index in [1.165, 1.54) is 0 Å². The molecule has 29 heavy (non-hydrogen) atoms. The van der Waals surface area contributed by atoms with Gasteiger partial charge in [0.15, 0.2) is 0 Å². The van der Waals surface area contributed by atoms with Gasteiger partial charge in [-0.15, -0.1) is 5.10 Å². The minimum Gasteiger partial charge on any atom is -0.354 e. The van der Waals surface area contributed by atoms with Crippen molar-refractivity contribution in [1.29, 1.82) is 0 Å². The molecule has 0 spiro atoms. The second kappa shape index (κ2) is 8.69. The van der Waals surface area contributed by atoms with Crippen molar-refractivity contribution in [2.24, 2.45) is 5.92 Å². The fraction of sp³-hybridized carbons (Fsp3) is 0.550. The second-order valence-corrected chi connectivity index (χ2v) is 7.81. The van der Waals surface area contributed by atoms with Gasteiger partial charge in [-0.05, 0) is 50.3 Å². The summed E-state index contributed by atoms with van der Waals surface area (Å²) < 4.78 is 1.13. The number of rotatable bonds is 5. The molecule has 9 heteroatoms.